The first-order chi connectivity index (χ1) is 7.31. The van der Waals surface area contributed by atoms with Crippen LogP contribution in [0.4, 0.5) is 0 Å². The van der Waals surface area contributed by atoms with Gasteiger partial charge in [-0.25, -0.2) is 9.78 Å². The van der Waals surface area contributed by atoms with Crippen molar-refractivity contribution in [1.29, 1.82) is 0 Å². The predicted molar refractivity (Wildman–Crippen MR) is 62.8 cm³/mol. The van der Waals surface area contributed by atoms with Crippen LogP contribution in [0.1, 0.15) is 40.5 Å². The summed E-state index contributed by atoms with van der Waals surface area (Å²) in [5.74, 6) is 0.233. The van der Waals surface area contributed by atoms with Crippen molar-refractivity contribution in [3.05, 3.63) is 6.92 Å². The van der Waals surface area contributed by atoms with Crippen molar-refractivity contribution < 1.29 is 20.3 Å². The first kappa shape index (κ1) is 15.8. The van der Waals surface area contributed by atoms with E-state index in [4.69, 9.17) is 10.5 Å². The molecule has 0 unspecified atom stereocenters. The molecule has 0 heterocycles. The van der Waals surface area contributed by atoms with E-state index in [1.807, 2.05) is 27.7 Å². The third-order valence-corrected chi connectivity index (χ3v) is 3.25. The molecule has 0 aromatic heterocycles. The maximum atomic E-state index is 8.62. The van der Waals surface area contributed by atoms with E-state index in [0.29, 0.717) is 0 Å². The molecule has 16 heavy (non-hydrogen) atoms. The lowest BCUT2D eigenvalue weighted by atomic mass is 9.63. The summed E-state index contributed by atoms with van der Waals surface area (Å²) in [6, 6.07) is 0. The first-order valence-corrected chi connectivity index (χ1v) is 5.64. The van der Waals surface area contributed by atoms with Crippen LogP contribution in [0, 0.1) is 23.7 Å². The molecule has 0 bridgehead atoms. The fraction of sp³-hybridized carbons (Fsp3) is 0.917. The molecule has 97 valence electrons. The quantitative estimate of drug-likeness (QED) is 0.499. The van der Waals surface area contributed by atoms with Crippen molar-refractivity contribution in [3.63, 3.8) is 0 Å². The highest BCUT2D eigenvalue weighted by Crippen LogP contribution is 2.43. The van der Waals surface area contributed by atoms with Crippen molar-refractivity contribution in [2.45, 2.75) is 40.5 Å². The molecule has 0 saturated heterocycles. The number of hydrogen-bond donors (Lipinski definition) is 2. The summed E-state index contributed by atoms with van der Waals surface area (Å²) < 4.78 is 0. The van der Waals surface area contributed by atoms with Crippen LogP contribution >= 0.6 is 0 Å². The third-order valence-electron chi connectivity index (χ3n) is 3.25. The Labute approximate surface area is 98.4 Å². The predicted octanol–water partition coefficient (Wildman–Crippen LogP) is 3.25. The second-order valence-corrected chi connectivity index (χ2v) is 5.72. The van der Waals surface area contributed by atoms with Gasteiger partial charge in [-0.05, 0) is 23.2 Å². The molecular formula is C12H25O4. The van der Waals surface area contributed by atoms with Gasteiger partial charge in [0.05, 0.1) is 13.2 Å². The zero-order valence-electron chi connectivity index (χ0n) is 10.8. The third kappa shape index (κ3) is 4.37. The minimum Gasteiger partial charge on any atom is -0.252 e. The molecule has 0 aliphatic carbocycles. The van der Waals surface area contributed by atoms with Crippen LogP contribution in [0.3, 0.4) is 0 Å². The molecule has 0 saturated carbocycles. The van der Waals surface area contributed by atoms with E-state index in [1.54, 1.807) is 0 Å². The molecule has 0 aromatic carbocycles. The summed E-state index contributed by atoms with van der Waals surface area (Å²) in [5, 5.41) is 17.2. The number of rotatable bonds is 8. The van der Waals surface area contributed by atoms with Gasteiger partial charge in [0.2, 0.25) is 0 Å². The van der Waals surface area contributed by atoms with E-state index in [-0.39, 0.29) is 30.0 Å². The summed E-state index contributed by atoms with van der Waals surface area (Å²) in [6.07, 6.45) is 1.70. The van der Waals surface area contributed by atoms with Crippen LogP contribution in [0.25, 0.3) is 0 Å². The summed E-state index contributed by atoms with van der Waals surface area (Å²) in [7, 11) is 0. The molecule has 0 spiro atoms. The smallest absolute Gasteiger partial charge is 0.0873 e. The molecule has 0 amide bonds. The van der Waals surface area contributed by atoms with Crippen molar-refractivity contribution in [2.24, 2.45) is 16.7 Å². The zero-order chi connectivity index (χ0) is 12.8. The maximum Gasteiger partial charge on any atom is 0.0873 e. The van der Waals surface area contributed by atoms with Gasteiger partial charge >= 0.3 is 0 Å². The van der Waals surface area contributed by atoms with Crippen LogP contribution in [0.2, 0.25) is 0 Å². The Hall–Kier alpha value is -0.160. The molecule has 0 aliphatic rings. The van der Waals surface area contributed by atoms with Gasteiger partial charge in [-0.1, -0.05) is 41.0 Å². The highest BCUT2D eigenvalue weighted by Gasteiger charge is 2.40. The molecule has 0 rings (SSSR count). The lowest BCUT2D eigenvalue weighted by molar-refractivity contribution is -0.283. The van der Waals surface area contributed by atoms with Gasteiger partial charge in [0.15, 0.2) is 0 Å². The molecule has 4 nitrogen and oxygen atoms in total. The zero-order valence-corrected chi connectivity index (χ0v) is 10.8. The largest absolute Gasteiger partial charge is 0.252 e. The SMILES string of the molecule is [CH2]CCC(C(C)(C)COO)C(C)(C)COO. The van der Waals surface area contributed by atoms with Crippen LogP contribution in [0.15, 0.2) is 0 Å². The number of hydrogen-bond acceptors (Lipinski definition) is 4. The van der Waals surface area contributed by atoms with Gasteiger partial charge < -0.3 is 0 Å². The highest BCUT2D eigenvalue weighted by molar-refractivity contribution is 4.88. The second kappa shape index (κ2) is 6.55. The Balaban J connectivity index is 4.83. The Morgan fingerprint density at radius 2 is 1.38 bits per heavy atom. The van der Waals surface area contributed by atoms with Crippen LogP contribution in [-0.2, 0) is 9.78 Å². The van der Waals surface area contributed by atoms with Crippen LogP contribution < -0.4 is 0 Å². The monoisotopic (exact) mass is 233 g/mol. The van der Waals surface area contributed by atoms with E-state index in [2.05, 4.69) is 16.7 Å². The maximum absolute atomic E-state index is 8.62. The van der Waals surface area contributed by atoms with Gasteiger partial charge in [-0.15, -0.1) is 0 Å². The van der Waals surface area contributed by atoms with Gasteiger partial charge in [0, 0.05) is 0 Å². The average molecular weight is 233 g/mol. The van der Waals surface area contributed by atoms with E-state index in [9.17, 15) is 0 Å². The Morgan fingerprint density at radius 3 is 1.62 bits per heavy atom. The van der Waals surface area contributed by atoms with Gasteiger partial charge in [-0.2, -0.15) is 0 Å². The van der Waals surface area contributed by atoms with Crippen molar-refractivity contribution in [1.82, 2.24) is 0 Å². The van der Waals surface area contributed by atoms with E-state index < -0.39 is 0 Å². The first-order valence-electron chi connectivity index (χ1n) is 5.64. The fourth-order valence-electron chi connectivity index (χ4n) is 2.58. The minimum atomic E-state index is -0.200. The molecule has 0 aliphatic heterocycles. The molecule has 0 atom stereocenters. The van der Waals surface area contributed by atoms with Gasteiger partial charge in [-0.3, -0.25) is 10.5 Å². The lowest BCUT2D eigenvalue weighted by Gasteiger charge is -2.43. The lowest BCUT2D eigenvalue weighted by Crippen LogP contribution is -2.41. The molecule has 2 N–H and O–H groups in total. The Bertz CT molecular complexity index is 171. The van der Waals surface area contributed by atoms with E-state index >= 15 is 0 Å². The summed E-state index contributed by atoms with van der Waals surface area (Å²) in [6.45, 7) is 12.5. The minimum absolute atomic E-state index is 0.200. The summed E-state index contributed by atoms with van der Waals surface area (Å²) >= 11 is 0. The topological polar surface area (TPSA) is 58.9 Å². The molecular weight excluding hydrogens is 208 g/mol. The Morgan fingerprint density at radius 1 is 1.00 bits per heavy atom. The van der Waals surface area contributed by atoms with Crippen LogP contribution in [0.5, 0.6) is 0 Å². The Kier molecular flexibility index (Phi) is 6.48. The van der Waals surface area contributed by atoms with E-state index in [1.165, 1.54) is 0 Å². The van der Waals surface area contributed by atoms with Gasteiger partial charge in [0.25, 0.3) is 0 Å². The van der Waals surface area contributed by atoms with Crippen molar-refractivity contribution in [2.75, 3.05) is 13.2 Å². The molecule has 0 aromatic rings. The molecule has 4 heteroatoms. The van der Waals surface area contributed by atoms with Crippen molar-refractivity contribution >= 4 is 0 Å². The highest BCUT2D eigenvalue weighted by atomic mass is 17.1. The molecule has 0 fully saturated rings. The van der Waals surface area contributed by atoms with Crippen LogP contribution in [-0.4, -0.2) is 23.7 Å². The summed E-state index contributed by atoms with van der Waals surface area (Å²) in [5.41, 5.74) is -0.400. The molecule has 1 radical (unpaired) electrons. The van der Waals surface area contributed by atoms with Crippen molar-refractivity contribution in [3.8, 4) is 0 Å². The van der Waals surface area contributed by atoms with Gasteiger partial charge in [0.1, 0.15) is 0 Å². The fourth-order valence-corrected chi connectivity index (χ4v) is 2.58. The second-order valence-electron chi connectivity index (χ2n) is 5.72. The standard InChI is InChI=1S/C12H25O4/c1-6-7-10(11(2,3)8-15-13)12(4,5)9-16-14/h10,13-14H,1,6-9H2,2-5H3. The average Bonchev–Trinajstić information content (AvgIpc) is 2.13. The van der Waals surface area contributed by atoms with E-state index in [0.717, 1.165) is 12.8 Å². The normalized spacial score (nSPS) is 13.5. The summed E-state index contributed by atoms with van der Waals surface area (Å²) in [4.78, 5) is 8.57.